The van der Waals surface area contributed by atoms with Gasteiger partial charge in [-0.1, -0.05) is 26.0 Å². The number of anilines is 1. The Hall–Kier alpha value is -1.44. The first kappa shape index (κ1) is 21.9. The molecule has 2 atom stereocenters. The van der Waals surface area contributed by atoms with Gasteiger partial charge in [0.25, 0.3) is 0 Å². The van der Waals surface area contributed by atoms with Gasteiger partial charge in [0.05, 0.1) is 16.6 Å². The average molecular weight is 397 g/mol. The molecule has 2 unspecified atom stereocenters. The van der Waals surface area contributed by atoms with Crippen molar-refractivity contribution in [1.29, 1.82) is 0 Å². The van der Waals surface area contributed by atoms with Crippen LogP contribution in [0, 0.1) is 5.41 Å². The summed E-state index contributed by atoms with van der Waals surface area (Å²) in [5, 5.41) is 2.85. The third-order valence-electron chi connectivity index (χ3n) is 5.71. The molecule has 3 N–H and O–H groups in total. The van der Waals surface area contributed by atoms with Crippen molar-refractivity contribution in [2.24, 2.45) is 11.1 Å². The second kappa shape index (κ2) is 7.18. The molecule has 0 heterocycles. The number of ether oxygens (including phenoxy) is 1. The van der Waals surface area contributed by atoms with Gasteiger partial charge in [0.2, 0.25) is 5.91 Å². The van der Waals surface area contributed by atoms with E-state index >= 15 is 0 Å². The van der Waals surface area contributed by atoms with Crippen LogP contribution < -0.4 is 11.1 Å². The Morgan fingerprint density at radius 2 is 1.96 bits per heavy atom. The van der Waals surface area contributed by atoms with Crippen LogP contribution >= 0.6 is 0 Å². The summed E-state index contributed by atoms with van der Waals surface area (Å²) in [6.07, 6.45) is 0.402. The second-order valence-electron chi connectivity index (χ2n) is 8.87. The lowest BCUT2D eigenvalue weighted by Crippen LogP contribution is -2.74. The summed E-state index contributed by atoms with van der Waals surface area (Å²) in [5.41, 5.74) is 6.07. The van der Waals surface area contributed by atoms with E-state index in [4.69, 9.17) is 10.5 Å². The van der Waals surface area contributed by atoms with Gasteiger partial charge in [0.1, 0.15) is 5.54 Å². The van der Waals surface area contributed by atoms with Crippen molar-refractivity contribution in [2.45, 2.75) is 70.1 Å². The summed E-state index contributed by atoms with van der Waals surface area (Å²) in [5.74, 6) is -0.356. The maximum atomic E-state index is 12.8. The van der Waals surface area contributed by atoms with E-state index in [9.17, 15) is 13.2 Å². The van der Waals surface area contributed by atoms with Crippen LogP contribution in [-0.2, 0) is 25.1 Å². The minimum atomic E-state index is -3.30. The largest absolute Gasteiger partial charge is 0.378 e. The van der Waals surface area contributed by atoms with Crippen molar-refractivity contribution in [3.63, 3.8) is 0 Å². The highest BCUT2D eigenvalue weighted by Gasteiger charge is 2.62. The molecule has 0 bridgehead atoms. The van der Waals surface area contributed by atoms with E-state index < -0.39 is 25.5 Å². The normalized spacial score (nSPS) is 24.9. The highest BCUT2D eigenvalue weighted by molar-refractivity contribution is 7.91. The molecule has 0 radical (unpaired) electrons. The number of nitrogens with two attached hydrogens (primary N) is 1. The van der Waals surface area contributed by atoms with Crippen LogP contribution in [0.5, 0.6) is 0 Å². The van der Waals surface area contributed by atoms with E-state index in [-0.39, 0.29) is 17.8 Å². The fraction of sp³-hybridized carbons (Fsp3) is 0.650. The molecule has 0 aliphatic heterocycles. The molecule has 27 heavy (non-hydrogen) atoms. The predicted molar refractivity (Wildman–Crippen MR) is 108 cm³/mol. The van der Waals surface area contributed by atoms with Crippen LogP contribution in [0.3, 0.4) is 0 Å². The molecule has 1 aliphatic rings. The highest BCUT2D eigenvalue weighted by atomic mass is 32.2. The van der Waals surface area contributed by atoms with Crippen LogP contribution in [0.15, 0.2) is 24.3 Å². The topological polar surface area (TPSA) is 98.5 Å². The van der Waals surface area contributed by atoms with E-state index in [1.165, 1.54) is 0 Å². The van der Waals surface area contributed by atoms with Crippen LogP contribution in [0.1, 0.15) is 53.5 Å². The van der Waals surface area contributed by atoms with Gasteiger partial charge in [-0.25, -0.2) is 8.42 Å². The summed E-state index contributed by atoms with van der Waals surface area (Å²) >= 11 is 0. The van der Waals surface area contributed by atoms with Crippen LogP contribution in [-0.4, -0.2) is 37.3 Å². The molecule has 0 aromatic heterocycles. The molecule has 1 saturated carbocycles. The van der Waals surface area contributed by atoms with Gasteiger partial charge in [0, 0.05) is 24.1 Å². The first-order valence-corrected chi connectivity index (χ1v) is 10.9. The number of sulfone groups is 1. The number of hydrogen-bond acceptors (Lipinski definition) is 5. The quantitative estimate of drug-likeness (QED) is 0.770. The smallest absolute Gasteiger partial charge is 0.245 e. The summed E-state index contributed by atoms with van der Waals surface area (Å²) in [7, 11) is -3.30. The SMILES string of the molecule is CCOC1CC(N)(C(=O)Nc2cccc(CS(=O)(=O)C(C)(C)C)c2)C1(C)C. The molecule has 1 aromatic rings. The maximum Gasteiger partial charge on any atom is 0.245 e. The first-order valence-electron chi connectivity index (χ1n) is 9.28. The predicted octanol–water partition coefficient (Wildman–Crippen LogP) is 2.87. The highest BCUT2D eigenvalue weighted by Crippen LogP contribution is 2.50. The summed E-state index contributed by atoms with van der Waals surface area (Å²) in [4.78, 5) is 12.8. The summed E-state index contributed by atoms with van der Waals surface area (Å²) in [6, 6.07) is 6.91. The standard InChI is InChI=1S/C20H32N2O4S/c1-7-26-16-12-20(21,19(16,5)6)17(23)22-15-10-8-9-14(11-15)13-27(24,25)18(2,3)4/h8-11,16H,7,12-13,21H2,1-6H3,(H,22,23). The summed E-state index contributed by atoms with van der Waals surface area (Å²) in [6.45, 7) is 11.4. The van der Waals surface area contributed by atoms with Crippen LogP contribution in [0.4, 0.5) is 5.69 Å². The lowest BCUT2D eigenvalue weighted by molar-refractivity contribution is -0.166. The molecule has 1 amide bonds. The van der Waals surface area contributed by atoms with E-state index in [0.29, 0.717) is 24.3 Å². The van der Waals surface area contributed by atoms with Crippen molar-refractivity contribution in [1.82, 2.24) is 0 Å². The van der Waals surface area contributed by atoms with E-state index in [2.05, 4.69) is 5.32 Å². The molecule has 1 aromatic carbocycles. The minimum Gasteiger partial charge on any atom is -0.378 e. The molecule has 152 valence electrons. The van der Waals surface area contributed by atoms with Crippen molar-refractivity contribution < 1.29 is 17.9 Å². The van der Waals surface area contributed by atoms with Crippen molar-refractivity contribution in [3.8, 4) is 0 Å². The molecule has 7 heteroatoms. The Labute approximate surface area is 162 Å². The second-order valence-corrected chi connectivity index (χ2v) is 11.6. The van der Waals surface area contributed by atoms with E-state index in [1.54, 1.807) is 45.0 Å². The van der Waals surface area contributed by atoms with Crippen molar-refractivity contribution in [3.05, 3.63) is 29.8 Å². The minimum absolute atomic E-state index is 0.0542. The van der Waals surface area contributed by atoms with Gasteiger partial charge in [0.15, 0.2) is 9.84 Å². The lowest BCUT2D eigenvalue weighted by Gasteiger charge is -2.57. The molecular formula is C20H32N2O4S. The van der Waals surface area contributed by atoms with Gasteiger partial charge < -0.3 is 15.8 Å². The number of carbonyl (C=O) groups excluding carboxylic acids is 1. The molecule has 0 saturated heterocycles. The number of amides is 1. The third-order valence-corrected chi connectivity index (χ3v) is 8.29. The zero-order valence-corrected chi connectivity index (χ0v) is 17.9. The fourth-order valence-corrected chi connectivity index (χ4v) is 4.29. The Morgan fingerprint density at radius 3 is 2.48 bits per heavy atom. The number of hydrogen-bond donors (Lipinski definition) is 2. The summed E-state index contributed by atoms with van der Waals surface area (Å²) < 4.78 is 29.7. The Kier molecular flexibility index (Phi) is 5.82. The molecule has 1 aliphatic carbocycles. The Bertz CT molecular complexity index is 812. The van der Waals surface area contributed by atoms with Gasteiger partial charge in [-0.05, 0) is 45.4 Å². The zero-order chi connectivity index (χ0) is 20.7. The molecule has 2 rings (SSSR count). The molecule has 0 spiro atoms. The number of benzene rings is 1. The van der Waals surface area contributed by atoms with Gasteiger partial charge in [-0.15, -0.1) is 0 Å². The number of nitrogens with one attached hydrogen (secondary N) is 1. The fourth-order valence-electron chi connectivity index (χ4n) is 3.24. The van der Waals surface area contributed by atoms with Crippen LogP contribution in [0.2, 0.25) is 0 Å². The van der Waals surface area contributed by atoms with Crippen LogP contribution in [0.25, 0.3) is 0 Å². The average Bonchev–Trinajstić information content (AvgIpc) is 2.53. The van der Waals surface area contributed by atoms with Crippen molar-refractivity contribution >= 4 is 21.4 Å². The molecular weight excluding hydrogens is 364 g/mol. The Balaban J connectivity index is 2.14. The van der Waals surface area contributed by atoms with Crippen molar-refractivity contribution in [2.75, 3.05) is 11.9 Å². The molecule has 6 nitrogen and oxygen atoms in total. The monoisotopic (exact) mass is 396 g/mol. The molecule has 1 fully saturated rings. The van der Waals surface area contributed by atoms with E-state index in [1.807, 2.05) is 20.8 Å². The number of rotatable bonds is 6. The number of carbonyl (C=O) groups is 1. The maximum absolute atomic E-state index is 12.8. The van der Waals surface area contributed by atoms with Gasteiger partial charge >= 0.3 is 0 Å². The van der Waals surface area contributed by atoms with Gasteiger partial charge in [-0.2, -0.15) is 0 Å². The zero-order valence-electron chi connectivity index (χ0n) is 17.1. The Morgan fingerprint density at radius 1 is 1.33 bits per heavy atom. The first-order chi connectivity index (χ1) is 12.2. The lowest BCUT2D eigenvalue weighted by atomic mass is 9.54. The van der Waals surface area contributed by atoms with E-state index in [0.717, 1.165) is 0 Å². The third kappa shape index (κ3) is 4.05. The van der Waals surface area contributed by atoms with Gasteiger partial charge in [-0.3, -0.25) is 4.79 Å².